The molecular formula is C15H14F3N5O2. The zero-order valence-corrected chi connectivity index (χ0v) is 13.1. The molecule has 0 radical (unpaired) electrons. The van der Waals surface area contributed by atoms with Gasteiger partial charge in [0.15, 0.2) is 0 Å². The van der Waals surface area contributed by atoms with E-state index in [4.69, 9.17) is 0 Å². The van der Waals surface area contributed by atoms with Gasteiger partial charge in [0, 0.05) is 36.3 Å². The van der Waals surface area contributed by atoms with E-state index in [9.17, 15) is 22.8 Å². The Morgan fingerprint density at radius 3 is 2.76 bits per heavy atom. The maximum absolute atomic E-state index is 12.7. The normalized spacial score (nSPS) is 11.8. The molecule has 25 heavy (non-hydrogen) atoms. The predicted molar refractivity (Wildman–Crippen MR) is 83.1 cm³/mol. The number of carbonyl (C=O) groups is 1. The van der Waals surface area contributed by atoms with Gasteiger partial charge in [0.25, 0.3) is 5.91 Å². The molecule has 1 aromatic carbocycles. The molecule has 0 bridgehead atoms. The number of hydrogen-bond acceptors (Lipinski definition) is 3. The number of aromatic nitrogens is 4. The van der Waals surface area contributed by atoms with E-state index in [2.05, 4.69) is 15.4 Å². The van der Waals surface area contributed by atoms with Crippen molar-refractivity contribution in [3.05, 3.63) is 52.3 Å². The first kappa shape index (κ1) is 16.8. The second kappa shape index (κ2) is 6.11. The number of alkyl halides is 3. The molecule has 0 fully saturated rings. The zero-order valence-electron chi connectivity index (χ0n) is 13.1. The van der Waals surface area contributed by atoms with E-state index in [1.54, 1.807) is 24.4 Å². The van der Waals surface area contributed by atoms with E-state index < -0.39 is 17.7 Å². The van der Waals surface area contributed by atoms with Crippen molar-refractivity contribution in [1.82, 2.24) is 24.6 Å². The molecule has 0 aliphatic carbocycles. The first-order chi connectivity index (χ1) is 11.8. The fourth-order valence-corrected chi connectivity index (χ4v) is 2.45. The molecule has 2 aromatic heterocycles. The molecule has 3 rings (SSSR count). The van der Waals surface area contributed by atoms with Crippen molar-refractivity contribution in [2.75, 3.05) is 6.54 Å². The van der Waals surface area contributed by atoms with E-state index >= 15 is 0 Å². The average molecular weight is 353 g/mol. The molecule has 7 nitrogen and oxygen atoms in total. The van der Waals surface area contributed by atoms with Crippen molar-refractivity contribution >= 4 is 16.8 Å². The lowest BCUT2D eigenvalue weighted by atomic mass is 10.1. The van der Waals surface area contributed by atoms with Gasteiger partial charge in [-0.1, -0.05) is 0 Å². The zero-order chi connectivity index (χ0) is 18.2. The van der Waals surface area contributed by atoms with E-state index in [-0.39, 0.29) is 19.0 Å². The summed E-state index contributed by atoms with van der Waals surface area (Å²) in [5.74, 6) is -1.66. The number of fused-ring (bicyclic) bond motifs is 1. The average Bonchev–Trinajstić information content (AvgIpc) is 3.13. The van der Waals surface area contributed by atoms with Crippen LogP contribution in [-0.2, 0) is 19.8 Å². The summed E-state index contributed by atoms with van der Waals surface area (Å²) >= 11 is 0. The highest BCUT2D eigenvalue weighted by atomic mass is 19.4. The molecule has 2 heterocycles. The van der Waals surface area contributed by atoms with Crippen molar-refractivity contribution < 1.29 is 18.0 Å². The molecule has 2 N–H and O–H groups in total. The smallest absolute Gasteiger partial charge is 0.361 e. The lowest BCUT2D eigenvalue weighted by molar-refractivity contribution is -0.147. The molecule has 3 aromatic rings. The minimum absolute atomic E-state index is 0.0295. The van der Waals surface area contributed by atoms with Gasteiger partial charge in [0.05, 0.1) is 6.54 Å². The summed E-state index contributed by atoms with van der Waals surface area (Å²) in [7, 11) is 0.999. The van der Waals surface area contributed by atoms with Gasteiger partial charge in [0.2, 0.25) is 5.82 Å². The minimum atomic E-state index is -4.71. The molecule has 0 saturated carbocycles. The standard InChI is InChI=1S/C15H14F3N5O2/c1-22-13(15(16,17)18)21-23(14(22)25)7-6-20-12(24)10-2-3-11-9(8-10)4-5-19-11/h2-5,8,19H,6-7H2,1H3,(H,20,24). The molecule has 0 atom stereocenters. The minimum Gasteiger partial charge on any atom is -0.361 e. The van der Waals surface area contributed by atoms with Gasteiger partial charge in [-0.3, -0.25) is 9.36 Å². The second-order valence-electron chi connectivity index (χ2n) is 5.42. The lowest BCUT2D eigenvalue weighted by Gasteiger charge is -2.05. The van der Waals surface area contributed by atoms with Crippen molar-refractivity contribution in [2.45, 2.75) is 12.7 Å². The predicted octanol–water partition coefficient (Wildman–Crippen LogP) is 1.51. The third-order valence-corrected chi connectivity index (χ3v) is 3.72. The summed E-state index contributed by atoms with van der Waals surface area (Å²) in [6.45, 7) is -0.195. The summed E-state index contributed by atoms with van der Waals surface area (Å²) in [6.07, 6.45) is -2.97. The first-order valence-electron chi connectivity index (χ1n) is 7.34. The largest absolute Gasteiger partial charge is 0.451 e. The Balaban J connectivity index is 1.66. The number of amides is 1. The highest BCUT2D eigenvalue weighted by Gasteiger charge is 2.37. The summed E-state index contributed by atoms with van der Waals surface area (Å²) < 4.78 is 39.2. The highest BCUT2D eigenvalue weighted by Crippen LogP contribution is 2.25. The maximum Gasteiger partial charge on any atom is 0.451 e. The van der Waals surface area contributed by atoms with Crippen molar-refractivity contribution in [3.8, 4) is 0 Å². The van der Waals surface area contributed by atoms with Crippen LogP contribution >= 0.6 is 0 Å². The fourth-order valence-electron chi connectivity index (χ4n) is 2.45. The Morgan fingerprint density at radius 2 is 2.08 bits per heavy atom. The van der Waals surface area contributed by atoms with E-state index in [1.807, 2.05) is 6.07 Å². The maximum atomic E-state index is 12.7. The van der Waals surface area contributed by atoms with Gasteiger partial charge in [-0.25, -0.2) is 9.48 Å². The van der Waals surface area contributed by atoms with Crippen LogP contribution in [0.2, 0.25) is 0 Å². The Labute approximate surface area is 139 Å². The number of aromatic amines is 1. The second-order valence-corrected chi connectivity index (χ2v) is 5.42. The Kier molecular flexibility index (Phi) is 4.11. The van der Waals surface area contributed by atoms with E-state index in [0.29, 0.717) is 14.8 Å². The summed E-state index contributed by atoms with van der Waals surface area (Å²) in [5.41, 5.74) is 0.406. The van der Waals surface area contributed by atoms with Crippen LogP contribution in [0, 0.1) is 0 Å². The highest BCUT2D eigenvalue weighted by molar-refractivity contribution is 5.98. The van der Waals surface area contributed by atoms with Gasteiger partial charge in [-0.05, 0) is 24.3 Å². The van der Waals surface area contributed by atoms with E-state index in [0.717, 1.165) is 18.0 Å². The summed E-state index contributed by atoms with van der Waals surface area (Å²) in [5, 5.41) is 6.69. The molecule has 0 saturated heterocycles. The fraction of sp³-hybridized carbons (Fsp3) is 0.267. The van der Waals surface area contributed by atoms with Crippen LogP contribution < -0.4 is 11.0 Å². The molecule has 0 aliphatic heterocycles. The van der Waals surface area contributed by atoms with Crippen molar-refractivity contribution in [1.29, 1.82) is 0 Å². The molecule has 0 unspecified atom stereocenters. The van der Waals surface area contributed by atoms with Crippen molar-refractivity contribution in [2.24, 2.45) is 7.05 Å². The third-order valence-electron chi connectivity index (χ3n) is 3.72. The lowest BCUT2D eigenvalue weighted by Crippen LogP contribution is -2.31. The van der Waals surface area contributed by atoms with Crippen LogP contribution in [0.25, 0.3) is 10.9 Å². The molecule has 10 heteroatoms. The van der Waals surface area contributed by atoms with Gasteiger partial charge in [-0.15, -0.1) is 5.10 Å². The van der Waals surface area contributed by atoms with Crippen LogP contribution in [0.15, 0.2) is 35.3 Å². The monoisotopic (exact) mass is 353 g/mol. The van der Waals surface area contributed by atoms with E-state index in [1.165, 1.54) is 0 Å². The third kappa shape index (κ3) is 3.28. The van der Waals surface area contributed by atoms with Gasteiger partial charge in [-0.2, -0.15) is 13.2 Å². The SMILES string of the molecule is Cn1c(C(F)(F)F)nn(CCNC(=O)c2ccc3[nH]ccc3c2)c1=O. The molecular weight excluding hydrogens is 339 g/mol. The summed E-state index contributed by atoms with van der Waals surface area (Å²) in [6, 6.07) is 6.89. The summed E-state index contributed by atoms with van der Waals surface area (Å²) in [4.78, 5) is 26.9. The molecule has 1 amide bonds. The molecule has 0 aliphatic rings. The van der Waals surface area contributed by atoms with Gasteiger partial charge < -0.3 is 10.3 Å². The first-order valence-corrected chi connectivity index (χ1v) is 7.34. The van der Waals surface area contributed by atoms with Gasteiger partial charge in [0.1, 0.15) is 0 Å². The molecule has 0 spiro atoms. The number of carbonyl (C=O) groups excluding carboxylic acids is 1. The number of H-pyrrole nitrogens is 1. The Bertz CT molecular complexity index is 983. The number of rotatable bonds is 4. The van der Waals surface area contributed by atoms with Crippen LogP contribution in [0.3, 0.4) is 0 Å². The van der Waals surface area contributed by atoms with Crippen LogP contribution in [0.1, 0.15) is 16.2 Å². The number of halogens is 3. The Morgan fingerprint density at radius 1 is 1.32 bits per heavy atom. The number of hydrogen-bond donors (Lipinski definition) is 2. The van der Waals surface area contributed by atoms with Gasteiger partial charge >= 0.3 is 11.9 Å². The number of nitrogens with zero attached hydrogens (tertiary/aromatic N) is 3. The quantitative estimate of drug-likeness (QED) is 0.746. The number of nitrogens with one attached hydrogen (secondary N) is 2. The Hall–Kier alpha value is -3.04. The topological polar surface area (TPSA) is 84.7 Å². The molecule has 132 valence electrons. The van der Waals surface area contributed by atoms with Crippen LogP contribution in [-0.4, -0.2) is 31.8 Å². The van der Waals surface area contributed by atoms with Crippen LogP contribution in [0.4, 0.5) is 13.2 Å². The number of benzene rings is 1. The van der Waals surface area contributed by atoms with Crippen molar-refractivity contribution in [3.63, 3.8) is 0 Å². The van der Waals surface area contributed by atoms with Crippen LogP contribution in [0.5, 0.6) is 0 Å².